The average Bonchev–Trinajstić information content (AvgIpc) is 2.77. The maximum Gasteiger partial charge on any atom is 0.338 e. The van der Waals surface area contributed by atoms with Gasteiger partial charge < -0.3 is 9.47 Å². The van der Waals surface area contributed by atoms with Crippen LogP contribution in [-0.2, 0) is 14.3 Å². The summed E-state index contributed by atoms with van der Waals surface area (Å²) in [7, 11) is 0. The molecule has 0 saturated heterocycles. The molecule has 0 fully saturated rings. The first kappa shape index (κ1) is 13.2. The quantitative estimate of drug-likeness (QED) is 0.781. The number of carbonyl (C=O) groups is 1. The van der Waals surface area contributed by atoms with Gasteiger partial charge in [-0.15, -0.1) is 0 Å². The molecule has 1 aliphatic rings. The lowest BCUT2D eigenvalue weighted by Crippen LogP contribution is -2.19. The van der Waals surface area contributed by atoms with E-state index >= 15 is 0 Å². The van der Waals surface area contributed by atoms with Crippen LogP contribution in [0.4, 0.5) is 0 Å². The number of hydrogen-bond donors (Lipinski definition) is 0. The van der Waals surface area contributed by atoms with Crippen LogP contribution >= 0.6 is 0 Å². The maximum absolute atomic E-state index is 12.0. The van der Waals surface area contributed by atoms with E-state index in [-0.39, 0.29) is 5.92 Å². The van der Waals surface area contributed by atoms with Crippen LogP contribution in [0.5, 0.6) is 0 Å². The molecule has 4 nitrogen and oxygen atoms in total. The molecular formula is C15H15NO3. The van der Waals surface area contributed by atoms with Gasteiger partial charge in [0.25, 0.3) is 0 Å². The first-order valence-electron chi connectivity index (χ1n) is 6.18. The van der Waals surface area contributed by atoms with Crippen molar-refractivity contribution in [3.8, 4) is 6.07 Å². The van der Waals surface area contributed by atoms with Crippen LogP contribution < -0.4 is 0 Å². The third kappa shape index (κ3) is 2.45. The summed E-state index contributed by atoms with van der Waals surface area (Å²) >= 11 is 0. The molecule has 0 unspecified atom stereocenters. The molecule has 0 spiro atoms. The molecule has 0 bridgehead atoms. The van der Waals surface area contributed by atoms with E-state index in [1.165, 1.54) is 0 Å². The van der Waals surface area contributed by atoms with Crippen LogP contribution in [0.1, 0.15) is 25.3 Å². The van der Waals surface area contributed by atoms with Gasteiger partial charge in [-0.2, -0.15) is 5.26 Å². The zero-order valence-corrected chi connectivity index (χ0v) is 10.9. The minimum absolute atomic E-state index is 0.300. The van der Waals surface area contributed by atoms with Crippen LogP contribution in [-0.4, -0.2) is 18.7 Å². The highest BCUT2D eigenvalue weighted by Gasteiger charge is 2.40. The summed E-state index contributed by atoms with van der Waals surface area (Å²) in [6.45, 7) is 3.75. The Bertz CT molecular complexity index is 542. The van der Waals surface area contributed by atoms with Crippen LogP contribution in [0.2, 0.25) is 0 Å². The van der Waals surface area contributed by atoms with Crippen molar-refractivity contribution in [1.29, 1.82) is 5.26 Å². The Labute approximate surface area is 112 Å². The largest absolute Gasteiger partial charge is 0.479 e. The van der Waals surface area contributed by atoms with Gasteiger partial charge in [0.2, 0.25) is 0 Å². The number of ether oxygens (including phenoxy) is 2. The van der Waals surface area contributed by atoms with Crippen LogP contribution in [0, 0.1) is 11.3 Å². The molecule has 0 aliphatic carbocycles. The first-order chi connectivity index (χ1) is 9.19. The topological polar surface area (TPSA) is 59.3 Å². The van der Waals surface area contributed by atoms with E-state index in [4.69, 9.17) is 9.47 Å². The van der Waals surface area contributed by atoms with E-state index in [2.05, 4.69) is 6.07 Å². The van der Waals surface area contributed by atoms with Gasteiger partial charge in [0, 0.05) is 0 Å². The molecule has 0 radical (unpaired) electrons. The van der Waals surface area contributed by atoms with Crippen molar-refractivity contribution < 1.29 is 14.3 Å². The van der Waals surface area contributed by atoms with Gasteiger partial charge in [-0.05, 0) is 19.4 Å². The SMILES string of the molecule is CCOC(=O)C1=C(C)O[C@H](C#N)[C@@H]1c1ccccc1. The molecular weight excluding hydrogens is 242 g/mol. The number of nitriles is 1. The molecule has 2 atom stereocenters. The second-order valence-electron chi connectivity index (χ2n) is 4.25. The summed E-state index contributed by atoms with van der Waals surface area (Å²) in [5.74, 6) is -0.323. The molecule has 2 rings (SSSR count). The van der Waals surface area contributed by atoms with Gasteiger partial charge in [0.1, 0.15) is 11.8 Å². The number of allylic oxidation sites excluding steroid dienone is 1. The molecule has 0 N–H and O–H groups in total. The second kappa shape index (κ2) is 5.57. The van der Waals surface area contributed by atoms with Gasteiger partial charge in [-0.25, -0.2) is 4.79 Å². The summed E-state index contributed by atoms with van der Waals surface area (Å²) in [5, 5.41) is 9.19. The first-order valence-corrected chi connectivity index (χ1v) is 6.18. The lowest BCUT2D eigenvalue weighted by molar-refractivity contribution is -0.138. The molecule has 0 saturated carbocycles. The lowest BCUT2D eigenvalue weighted by atomic mass is 9.88. The number of esters is 1. The van der Waals surface area contributed by atoms with E-state index < -0.39 is 12.1 Å². The van der Waals surface area contributed by atoms with Gasteiger partial charge in [0.15, 0.2) is 6.10 Å². The number of rotatable bonds is 3. The Balaban J connectivity index is 2.41. The Morgan fingerprint density at radius 3 is 2.68 bits per heavy atom. The minimum Gasteiger partial charge on any atom is -0.479 e. The Kier molecular flexibility index (Phi) is 3.86. The summed E-state index contributed by atoms with van der Waals surface area (Å²) in [4.78, 5) is 12.0. The van der Waals surface area contributed by atoms with Gasteiger partial charge >= 0.3 is 5.97 Å². The highest BCUT2D eigenvalue weighted by Crippen LogP contribution is 2.39. The van der Waals surface area contributed by atoms with Gasteiger partial charge in [-0.3, -0.25) is 0 Å². The summed E-state index contributed by atoms with van der Waals surface area (Å²) in [6.07, 6.45) is -0.679. The molecule has 1 aromatic carbocycles. The third-order valence-corrected chi connectivity index (χ3v) is 3.08. The molecule has 1 aliphatic heterocycles. The Morgan fingerprint density at radius 2 is 2.11 bits per heavy atom. The average molecular weight is 257 g/mol. The van der Waals surface area contributed by atoms with Crippen LogP contribution in [0.3, 0.4) is 0 Å². The van der Waals surface area contributed by atoms with Crippen molar-refractivity contribution in [3.05, 3.63) is 47.2 Å². The number of benzene rings is 1. The Morgan fingerprint density at radius 1 is 1.42 bits per heavy atom. The van der Waals surface area contributed by atoms with Crippen molar-refractivity contribution in [2.45, 2.75) is 25.9 Å². The van der Waals surface area contributed by atoms with Crippen molar-refractivity contribution in [2.75, 3.05) is 6.61 Å². The number of carbonyl (C=O) groups excluding carboxylic acids is 1. The van der Waals surface area contributed by atoms with E-state index in [9.17, 15) is 10.1 Å². The zero-order chi connectivity index (χ0) is 13.8. The molecule has 4 heteroatoms. The Hall–Kier alpha value is -2.28. The van der Waals surface area contributed by atoms with E-state index in [0.717, 1.165) is 5.56 Å². The fraction of sp³-hybridized carbons (Fsp3) is 0.333. The molecule has 0 amide bonds. The van der Waals surface area contributed by atoms with Gasteiger partial charge in [-0.1, -0.05) is 30.3 Å². The number of nitrogens with zero attached hydrogens (tertiary/aromatic N) is 1. The molecule has 1 aromatic rings. The summed E-state index contributed by atoms with van der Waals surface area (Å²) in [6, 6.07) is 11.5. The predicted octanol–water partition coefficient (Wildman–Crippen LogP) is 2.53. The molecule has 0 aromatic heterocycles. The van der Waals surface area contributed by atoms with E-state index in [1.54, 1.807) is 13.8 Å². The minimum atomic E-state index is -0.679. The molecule has 98 valence electrons. The highest BCUT2D eigenvalue weighted by molar-refractivity contribution is 5.91. The van der Waals surface area contributed by atoms with Crippen molar-refractivity contribution in [3.63, 3.8) is 0 Å². The van der Waals surface area contributed by atoms with Crippen molar-refractivity contribution in [1.82, 2.24) is 0 Å². The fourth-order valence-corrected chi connectivity index (χ4v) is 2.27. The van der Waals surface area contributed by atoms with E-state index in [0.29, 0.717) is 17.9 Å². The second-order valence-corrected chi connectivity index (χ2v) is 4.25. The van der Waals surface area contributed by atoms with E-state index in [1.807, 2.05) is 30.3 Å². The summed E-state index contributed by atoms with van der Waals surface area (Å²) < 4.78 is 10.5. The van der Waals surface area contributed by atoms with Crippen molar-refractivity contribution in [2.24, 2.45) is 0 Å². The zero-order valence-electron chi connectivity index (χ0n) is 10.9. The number of hydrogen-bond acceptors (Lipinski definition) is 4. The monoisotopic (exact) mass is 257 g/mol. The normalized spacial score (nSPS) is 21.7. The van der Waals surface area contributed by atoms with Crippen molar-refractivity contribution >= 4 is 5.97 Å². The van der Waals surface area contributed by atoms with Crippen LogP contribution in [0.25, 0.3) is 0 Å². The predicted molar refractivity (Wildman–Crippen MR) is 69.0 cm³/mol. The highest BCUT2D eigenvalue weighted by atomic mass is 16.5. The lowest BCUT2D eigenvalue weighted by Gasteiger charge is -2.15. The third-order valence-electron chi connectivity index (χ3n) is 3.08. The smallest absolute Gasteiger partial charge is 0.338 e. The fourth-order valence-electron chi connectivity index (χ4n) is 2.27. The molecule has 1 heterocycles. The maximum atomic E-state index is 12.0. The standard InChI is InChI=1S/C15H15NO3/c1-3-18-15(17)13-10(2)19-12(9-16)14(13)11-7-5-4-6-8-11/h4-8,12,14H,3H2,1-2H3/t12-,14+/m1/s1. The molecule has 19 heavy (non-hydrogen) atoms. The van der Waals surface area contributed by atoms with Gasteiger partial charge in [0.05, 0.1) is 18.1 Å². The summed E-state index contributed by atoms with van der Waals surface area (Å²) in [5.41, 5.74) is 1.33. The van der Waals surface area contributed by atoms with Crippen LogP contribution in [0.15, 0.2) is 41.7 Å².